The molecule has 0 spiro atoms. The Bertz CT molecular complexity index is 458. The lowest BCUT2D eigenvalue weighted by atomic mass is 10.2. The lowest BCUT2D eigenvalue weighted by Crippen LogP contribution is -2.34. The summed E-state index contributed by atoms with van der Waals surface area (Å²) in [6, 6.07) is 1.28. The van der Waals surface area contributed by atoms with Crippen molar-refractivity contribution in [1.82, 2.24) is 15.3 Å². The van der Waals surface area contributed by atoms with Gasteiger partial charge in [0.15, 0.2) is 5.69 Å². The van der Waals surface area contributed by atoms with Crippen LogP contribution in [-0.2, 0) is 4.74 Å². The number of carbonyl (C=O) groups excluding carboxylic acids is 1. The summed E-state index contributed by atoms with van der Waals surface area (Å²) in [4.78, 5) is 21.9. The molecule has 19 heavy (non-hydrogen) atoms. The minimum atomic E-state index is -0.450. The number of carbonyl (C=O) groups is 1. The van der Waals surface area contributed by atoms with Crippen LogP contribution in [0.2, 0.25) is 0 Å². The van der Waals surface area contributed by atoms with Crippen LogP contribution in [-0.4, -0.2) is 48.2 Å². The first-order valence-corrected chi connectivity index (χ1v) is 6.67. The summed E-state index contributed by atoms with van der Waals surface area (Å²) in [5.74, 6) is 0.376. The van der Waals surface area contributed by atoms with Gasteiger partial charge in [-0.25, -0.2) is 14.8 Å². The van der Waals surface area contributed by atoms with E-state index in [0.29, 0.717) is 6.04 Å². The molecule has 3 rings (SSSR count). The zero-order valence-corrected chi connectivity index (χ0v) is 11.0. The molecule has 1 N–H and O–H groups in total. The maximum absolute atomic E-state index is 11.3. The van der Waals surface area contributed by atoms with Gasteiger partial charge in [-0.2, -0.15) is 0 Å². The van der Waals surface area contributed by atoms with Crippen molar-refractivity contribution in [2.24, 2.45) is 0 Å². The van der Waals surface area contributed by atoms with Gasteiger partial charge in [0.1, 0.15) is 5.82 Å². The second-order valence-corrected chi connectivity index (χ2v) is 5.12. The summed E-state index contributed by atoms with van der Waals surface area (Å²) in [7, 11) is 1.34. The number of nitrogens with one attached hydrogen (secondary N) is 1. The van der Waals surface area contributed by atoms with Crippen molar-refractivity contribution in [2.45, 2.75) is 31.3 Å². The number of hydrogen-bond donors (Lipinski definition) is 1. The summed E-state index contributed by atoms with van der Waals surface area (Å²) in [6.07, 6.45) is 6.87. The molecule has 1 aliphatic carbocycles. The number of methoxy groups -OCH3 is 1. The third kappa shape index (κ3) is 2.84. The molecule has 2 heterocycles. The number of hydrogen-bond acceptors (Lipinski definition) is 6. The van der Waals surface area contributed by atoms with Gasteiger partial charge in [-0.1, -0.05) is 0 Å². The Morgan fingerprint density at radius 1 is 1.32 bits per heavy atom. The van der Waals surface area contributed by atoms with E-state index in [1.807, 2.05) is 0 Å². The van der Waals surface area contributed by atoms with Crippen molar-refractivity contribution in [3.05, 3.63) is 18.1 Å². The molecular weight excluding hydrogens is 244 g/mol. The van der Waals surface area contributed by atoms with E-state index < -0.39 is 5.97 Å². The number of aromatic nitrogens is 2. The summed E-state index contributed by atoms with van der Waals surface area (Å²) >= 11 is 0. The second kappa shape index (κ2) is 5.13. The smallest absolute Gasteiger partial charge is 0.358 e. The Balaban J connectivity index is 1.61. The first-order chi connectivity index (χ1) is 9.26. The number of esters is 1. The summed E-state index contributed by atoms with van der Waals surface area (Å²) in [6.45, 7) is 1.94. The Morgan fingerprint density at radius 2 is 2.16 bits per heavy atom. The molecule has 0 bridgehead atoms. The predicted molar refractivity (Wildman–Crippen MR) is 70.1 cm³/mol. The summed E-state index contributed by atoms with van der Waals surface area (Å²) in [5.41, 5.74) is 0.248. The van der Waals surface area contributed by atoms with Crippen molar-refractivity contribution >= 4 is 11.8 Å². The molecule has 1 aliphatic heterocycles. The van der Waals surface area contributed by atoms with Crippen LogP contribution in [0.1, 0.15) is 29.8 Å². The quantitative estimate of drug-likeness (QED) is 0.801. The van der Waals surface area contributed by atoms with Crippen LogP contribution >= 0.6 is 0 Å². The molecule has 1 aromatic rings. The van der Waals surface area contributed by atoms with Gasteiger partial charge in [-0.3, -0.25) is 0 Å². The van der Waals surface area contributed by atoms with Crippen LogP contribution in [0.3, 0.4) is 0 Å². The molecule has 0 aromatic carbocycles. The monoisotopic (exact) mass is 262 g/mol. The second-order valence-electron chi connectivity index (χ2n) is 5.12. The largest absolute Gasteiger partial charge is 0.464 e. The number of nitrogens with zero attached hydrogens (tertiary/aromatic N) is 3. The van der Waals surface area contributed by atoms with Crippen molar-refractivity contribution in [1.29, 1.82) is 0 Å². The van der Waals surface area contributed by atoms with E-state index >= 15 is 0 Å². The average molecular weight is 262 g/mol. The molecular formula is C13H18N4O2. The van der Waals surface area contributed by atoms with Gasteiger partial charge in [-0.05, 0) is 19.3 Å². The van der Waals surface area contributed by atoms with E-state index in [1.165, 1.54) is 26.1 Å². The van der Waals surface area contributed by atoms with E-state index in [-0.39, 0.29) is 5.69 Å². The SMILES string of the molecule is COC(=O)c1cnc(N2CC[C@@H](NC3CC3)C2)cn1. The number of ether oxygens (including phenoxy) is 1. The molecule has 6 nitrogen and oxygen atoms in total. The molecule has 1 saturated heterocycles. The zero-order chi connectivity index (χ0) is 13.2. The molecule has 0 radical (unpaired) electrons. The normalized spacial score (nSPS) is 22.6. The molecule has 1 aromatic heterocycles. The lowest BCUT2D eigenvalue weighted by Gasteiger charge is -2.17. The number of rotatable bonds is 4. The minimum absolute atomic E-state index is 0.248. The van der Waals surface area contributed by atoms with Crippen LogP contribution < -0.4 is 10.2 Å². The fraction of sp³-hybridized carbons (Fsp3) is 0.615. The van der Waals surface area contributed by atoms with Crippen molar-refractivity contribution in [3.8, 4) is 0 Å². The fourth-order valence-corrected chi connectivity index (χ4v) is 2.38. The van der Waals surface area contributed by atoms with Gasteiger partial charge in [0.25, 0.3) is 0 Å². The maximum Gasteiger partial charge on any atom is 0.358 e. The van der Waals surface area contributed by atoms with E-state index in [2.05, 4.69) is 24.9 Å². The molecule has 2 fully saturated rings. The van der Waals surface area contributed by atoms with Gasteiger partial charge in [-0.15, -0.1) is 0 Å². The van der Waals surface area contributed by atoms with Crippen molar-refractivity contribution < 1.29 is 9.53 Å². The molecule has 1 saturated carbocycles. The lowest BCUT2D eigenvalue weighted by molar-refractivity contribution is 0.0593. The van der Waals surface area contributed by atoms with E-state index in [4.69, 9.17) is 0 Å². The maximum atomic E-state index is 11.3. The topological polar surface area (TPSA) is 67.3 Å². The van der Waals surface area contributed by atoms with Crippen LogP contribution in [0.25, 0.3) is 0 Å². The fourth-order valence-electron chi connectivity index (χ4n) is 2.38. The third-order valence-corrected chi connectivity index (χ3v) is 3.59. The minimum Gasteiger partial charge on any atom is -0.464 e. The van der Waals surface area contributed by atoms with Gasteiger partial charge in [0.05, 0.1) is 19.5 Å². The van der Waals surface area contributed by atoms with Gasteiger partial charge in [0.2, 0.25) is 0 Å². The highest BCUT2D eigenvalue weighted by atomic mass is 16.5. The molecule has 2 aliphatic rings. The standard InChI is InChI=1S/C13H18N4O2/c1-19-13(18)11-6-15-12(7-14-11)17-5-4-10(8-17)16-9-2-3-9/h6-7,9-10,16H,2-5,8H2,1H3/t10-/m1/s1. The molecule has 6 heteroatoms. The average Bonchev–Trinajstić information content (AvgIpc) is 3.14. The highest BCUT2D eigenvalue weighted by Crippen LogP contribution is 2.23. The van der Waals surface area contributed by atoms with Gasteiger partial charge in [0, 0.05) is 25.2 Å². The number of anilines is 1. The predicted octanol–water partition coefficient (Wildman–Crippen LogP) is 0.594. The Morgan fingerprint density at radius 3 is 2.79 bits per heavy atom. The Kier molecular flexibility index (Phi) is 3.33. The molecule has 0 unspecified atom stereocenters. The van der Waals surface area contributed by atoms with E-state index in [0.717, 1.165) is 31.4 Å². The Hall–Kier alpha value is -1.69. The first kappa shape index (κ1) is 12.3. The van der Waals surface area contributed by atoms with Gasteiger partial charge < -0.3 is 15.0 Å². The summed E-state index contributed by atoms with van der Waals surface area (Å²) < 4.78 is 4.60. The van der Waals surface area contributed by atoms with Crippen molar-refractivity contribution in [2.75, 3.05) is 25.1 Å². The van der Waals surface area contributed by atoms with Gasteiger partial charge >= 0.3 is 5.97 Å². The Labute approximate surface area is 112 Å². The van der Waals surface area contributed by atoms with Crippen LogP contribution in [0.5, 0.6) is 0 Å². The molecule has 102 valence electrons. The van der Waals surface area contributed by atoms with Crippen molar-refractivity contribution in [3.63, 3.8) is 0 Å². The molecule has 0 amide bonds. The van der Waals surface area contributed by atoms with Crippen LogP contribution in [0.15, 0.2) is 12.4 Å². The third-order valence-electron chi connectivity index (χ3n) is 3.59. The van der Waals surface area contributed by atoms with E-state index in [1.54, 1.807) is 6.20 Å². The van der Waals surface area contributed by atoms with E-state index in [9.17, 15) is 4.79 Å². The highest BCUT2D eigenvalue weighted by Gasteiger charge is 2.29. The van der Waals surface area contributed by atoms with Crippen LogP contribution in [0, 0.1) is 0 Å². The first-order valence-electron chi connectivity index (χ1n) is 6.67. The summed E-state index contributed by atoms with van der Waals surface area (Å²) in [5, 5.41) is 3.63. The zero-order valence-electron chi connectivity index (χ0n) is 11.0. The highest BCUT2D eigenvalue weighted by molar-refractivity contribution is 5.86. The van der Waals surface area contributed by atoms with Crippen LogP contribution in [0.4, 0.5) is 5.82 Å². The molecule has 1 atom stereocenters.